The Morgan fingerprint density at radius 3 is 2.75 bits per heavy atom. The first-order valence-corrected chi connectivity index (χ1v) is 6.41. The molecule has 1 aromatic carbocycles. The Kier molecular flexibility index (Phi) is 7.00. The average molecular weight is 282 g/mol. The van der Waals surface area contributed by atoms with Crippen LogP contribution in [0.25, 0.3) is 0 Å². The molecular formula is C14H22N2O4. The number of carbonyl (C=O) groups is 1. The summed E-state index contributed by atoms with van der Waals surface area (Å²) < 4.78 is 10.1. The Morgan fingerprint density at radius 2 is 2.15 bits per heavy atom. The fraction of sp³-hybridized carbons (Fsp3) is 0.500. The van der Waals surface area contributed by atoms with Gasteiger partial charge in [0.2, 0.25) is 0 Å². The van der Waals surface area contributed by atoms with E-state index in [0.717, 1.165) is 5.56 Å². The van der Waals surface area contributed by atoms with Crippen LogP contribution in [0.3, 0.4) is 0 Å². The Bertz CT molecular complexity index is 423. The number of nitrogens with one attached hydrogen (secondary N) is 2. The Morgan fingerprint density at radius 1 is 1.40 bits per heavy atom. The van der Waals surface area contributed by atoms with Crippen molar-refractivity contribution in [3.05, 3.63) is 29.8 Å². The van der Waals surface area contributed by atoms with Crippen molar-refractivity contribution in [1.29, 1.82) is 0 Å². The van der Waals surface area contributed by atoms with Gasteiger partial charge in [0.05, 0.1) is 18.8 Å². The molecular weight excluding hydrogens is 260 g/mol. The summed E-state index contributed by atoms with van der Waals surface area (Å²) in [4.78, 5) is 11.7. The number of amides is 2. The predicted octanol–water partition coefficient (Wildman–Crippen LogP) is 1.52. The van der Waals surface area contributed by atoms with E-state index in [1.807, 2.05) is 0 Å². The summed E-state index contributed by atoms with van der Waals surface area (Å²) in [7, 11) is 3.14. The number of ether oxygens (including phenoxy) is 2. The topological polar surface area (TPSA) is 79.8 Å². The van der Waals surface area contributed by atoms with Gasteiger partial charge in [-0.1, -0.05) is 12.1 Å². The number of aliphatic hydroxyl groups excluding tert-OH is 1. The molecule has 0 spiro atoms. The summed E-state index contributed by atoms with van der Waals surface area (Å²) >= 11 is 0. The highest BCUT2D eigenvalue weighted by Gasteiger charge is 2.09. The van der Waals surface area contributed by atoms with Crippen LogP contribution in [0.1, 0.15) is 18.6 Å². The van der Waals surface area contributed by atoms with Gasteiger partial charge in [-0.15, -0.1) is 0 Å². The van der Waals surface area contributed by atoms with Crippen LogP contribution < -0.4 is 10.6 Å². The van der Waals surface area contributed by atoms with E-state index >= 15 is 0 Å². The lowest BCUT2D eigenvalue weighted by Gasteiger charge is -2.15. The highest BCUT2D eigenvalue weighted by Crippen LogP contribution is 2.16. The minimum absolute atomic E-state index is 0.186. The lowest BCUT2D eigenvalue weighted by atomic mass is 10.1. The zero-order chi connectivity index (χ0) is 15.0. The van der Waals surface area contributed by atoms with Crippen molar-refractivity contribution in [2.75, 3.05) is 32.7 Å². The third-order valence-electron chi connectivity index (χ3n) is 2.80. The molecule has 112 valence electrons. The van der Waals surface area contributed by atoms with Crippen molar-refractivity contribution in [3.63, 3.8) is 0 Å². The van der Waals surface area contributed by atoms with Crippen LogP contribution in [0, 0.1) is 0 Å². The second-order valence-corrected chi connectivity index (χ2v) is 4.45. The van der Waals surface area contributed by atoms with Crippen molar-refractivity contribution in [2.24, 2.45) is 0 Å². The van der Waals surface area contributed by atoms with Gasteiger partial charge in [-0.3, -0.25) is 0 Å². The number of benzene rings is 1. The van der Waals surface area contributed by atoms with Gasteiger partial charge in [0.1, 0.15) is 0 Å². The second kappa shape index (κ2) is 8.52. The van der Waals surface area contributed by atoms with Crippen molar-refractivity contribution < 1.29 is 19.4 Å². The molecule has 0 aromatic heterocycles. The molecule has 0 bridgehead atoms. The lowest BCUT2D eigenvalue weighted by molar-refractivity contribution is 0.0307. The Hall–Kier alpha value is -1.63. The van der Waals surface area contributed by atoms with Gasteiger partial charge in [-0.2, -0.15) is 0 Å². The van der Waals surface area contributed by atoms with Crippen LogP contribution in [-0.2, 0) is 9.47 Å². The summed E-state index contributed by atoms with van der Waals surface area (Å²) in [5.41, 5.74) is 1.37. The molecule has 0 aliphatic rings. The number of aliphatic hydroxyl groups is 1. The molecule has 2 amide bonds. The van der Waals surface area contributed by atoms with Gasteiger partial charge in [0, 0.05) is 26.5 Å². The monoisotopic (exact) mass is 282 g/mol. The Balaban J connectivity index is 2.47. The first-order valence-electron chi connectivity index (χ1n) is 6.41. The van der Waals surface area contributed by atoms with Crippen LogP contribution in [-0.4, -0.2) is 44.6 Å². The van der Waals surface area contributed by atoms with E-state index in [0.29, 0.717) is 18.8 Å². The number of hydrogen-bond acceptors (Lipinski definition) is 4. The SMILES string of the molecule is COCC(CNC(=O)Nc1cccc(C(C)O)c1)OC. The largest absolute Gasteiger partial charge is 0.389 e. The number of anilines is 1. The molecule has 0 fully saturated rings. The van der Waals surface area contributed by atoms with Crippen LogP contribution >= 0.6 is 0 Å². The molecule has 6 nitrogen and oxygen atoms in total. The van der Waals surface area contributed by atoms with Crippen LogP contribution in [0.2, 0.25) is 0 Å². The van der Waals surface area contributed by atoms with Crippen molar-refractivity contribution in [3.8, 4) is 0 Å². The summed E-state index contributed by atoms with van der Waals surface area (Å²) in [6.45, 7) is 2.44. The summed E-state index contributed by atoms with van der Waals surface area (Å²) in [6.07, 6.45) is -0.756. The summed E-state index contributed by atoms with van der Waals surface area (Å²) in [5, 5.41) is 14.9. The molecule has 0 heterocycles. The Labute approximate surface area is 119 Å². The van der Waals surface area contributed by atoms with E-state index in [4.69, 9.17) is 9.47 Å². The first-order chi connectivity index (χ1) is 9.56. The molecule has 1 rings (SSSR count). The maximum absolute atomic E-state index is 11.7. The molecule has 20 heavy (non-hydrogen) atoms. The first kappa shape index (κ1) is 16.4. The zero-order valence-electron chi connectivity index (χ0n) is 12.1. The van der Waals surface area contributed by atoms with Gasteiger partial charge < -0.3 is 25.2 Å². The quantitative estimate of drug-likeness (QED) is 0.708. The van der Waals surface area contributed by atoms with Crippen molar-refractivity contribution >= 4 is 11.7 Å². The zero-order valence-corrected chi connectivity index (χ0v) is 12.1. The number of rotatable bonds is 7. The number of methoxy groups -OCH3 is 2. The van der Waals surface area contributed by atoms with E-state index in [-0.39, 0.29) is 12.1 Å². The maximum atomic E-state index is 11.7. The van der Waals surface area contributed by atoms with Crippen LogP contribution in [0.15, 0.2) is 24.3 Å². The fourth-order valence-electron chi connectivity index (χ4n) is 1.65. The molecule has 0 saturated carbocycles. The van der Waals surface area contributed by atoms with Crippen LogP contribution in [0.4, 0.5) is 10.5 Å². The van der Waals surface area contributed by atoms with Gasteiger partial charge in [-0.25, -0.2) is 4.79 Å². The number of carbonyl (C=O) groups excluding carboxylic acids is 1. The van der Waals surface area contributed by atoms with Gasteiger partial charge >= 0.3 is 6.03 Å². The molecule has 0 aliphatic heterocycles. The lowest BCUT2D eigenvalue weighted by Crippen LogP contribution is -2.38. The van der Waals surface area contributed by atoms with Gasteiger partial charge in [0.25, 0.3) is 0 Å². The smallest absolute Gasteiger partial charge is 0.319 e. The third-order valence-corrected chi connectivity index (χ3v) is 2.80. The van der Waals surface area contributed by atoms with E-state index in [2.05, 4.69) is 10.6 Å². The van der Waals surface area contributed by atoms with Crippen LogP contribution in [0.5, 0.6) is 0 Å². The van der Waals surface area contributed by atoms with Crippen molar-refractivity contribution in [1.82, 2.24) is 5.32 Å². The van der Waals surface area contributed by atoms with E-state index < -0.39 is 6.10 Å². The molecule has 0 aliphatic carbocycles. The molecule has 0 saturated heterocycles. The predicted molar refractivity (Wildman–Crippen MR) is 76.8 cm³/mol. The minimum atomic E-state index is -0.570. The molecule has 3 N–H and O–H groups in total. The van der Waals surface area contributed by atoms with Crippen molar-refractivity contribution in [2.45, 2.75) is 19.1 Å². The number of urea groups is 1. The summed E-state index contributed by atoms with van der Waals surface area (Å²) in [6, 6.07) is 6.74. The molecule has 6 heteroatoms. The molecule has 2 atom stereocenters. The highest BCUT2D eigenvalue weighted by atomic mass is 16.5. The van der Waals surface area contributed by atoms with E-state index in [1.165, 1.54) is 0 Å². The summed E-state index contributed by atoms with van der Waals surface area (Å²) in [5.74, 6) is 0. The average Bonchev–Trinajstić information content (AvgIpc) is 2.43. The third kappa shape index (κ3) is 5.56. The minimum Gasteiger partial charge on any atom is -0.389 e. The maximum Gasteiger partial charge on any atom is 0.319 e. The van der Waals surface area contributed by atoms with E-state index in [9.17, 15) is 9.90 Å². The molecule has 2 unspecified atom stereocenters. The highest BCUT2D eigenvalue weighted by molar-refractivity contribution is 5.89. The fourth-order valence-corrected chi connectivity index (χ4v) is 1.65. The standard InChI is InChI=1S/C14H22N2O4/c1-10(17)11-5-4-6-12(7-11)16-14(18)15-8-13(20-3)9-19-2/h4-7,10,13,17H,8-9H2,1-3H3,(H2,15,16,18). The van der Waals surface area contributed by atoms with E-state index in [1.54, 1.807) is 45.4 Å². The molecule has 0 radical (unpaired) electrons. The number of hydrogen-bond donors (Lipinski definition) is 3. The van der Waals surface area contributed by atoms with Gasteiger partial charge in [-0.05, 0) is 24.6 Å². The second-order valence-electron chi connectivity index (χ2n) is 4.45. The normalized spacial score (nSPS) is 13.6. The van der Waals surface area contributed by atoms with Gasteiger partial charge in [0.15, 0.2) is 0 Å². The molecule has 1 aromatic rings.